The van der Waals surface area contributed by atoms with Crippen LogP contribution in [0.25, 0.3) is 0 Å². The van der Waals surface area contributed by atoms with Crippen LogP contribution in [0.4, 0.5) is 0 Å². The molecule has 1 N–H and O–H groups in total. The maximum atomic E-state index is 4.44. The highest BCUT2D eigenvalue weighted by atomic mass is 15.1. The molecule has 0 aromatic carbocycles. The minimum absolute atomic E-state index is 0.347. The lowest BCUT2D eigenvalue weighted by molar-refractivity contribution is 0.414. The Kier molecular flexibility index (Phi) is 5.23. The Hall–Kier alpha value is -0.890. The fourth-order valence-corrected chi connectivity index (χ4v) is 1.41. The molecule has 0 aliphatic carbocycles. The lowest BCUT2D eigenvalue weighted by Gasteiger charge is -2.18. The number of rotatable bonds is 3. The fraction of sp³-hybridized carbons (Fsp3) is 0.583. The van der Waals surface area contributed by atoms with Gasteiger partial charge in [0.15, 0.2) is 0 Å². The van der Waals surface area contributed by atoms with Gasteiger partial charge in [0.1, 0.15) is 0 Å². The van der Waals surface area contributed by atoms with E-state index >= 15 is 0 Å². The van der Waals surface area contributed by atoms with Crippen LogP contribution < -0.4 is 5.32 Å². The molecule has 0 aromatic heterocycles. The molecular weight excluding hydrogens is 172 g/mol. The maximum absolute atomic E-state index is 4.44. The van der Waals surface area contributed by atoms with Gasteiger partial charge >= 0.3 is 0 Å². The monoisotopic (exact) mass is 192 g/mol. The van der Waals surface area contributed by atoms with Crippen LogP contribution in [0.2, 0.25) is 0 Å². The molecular formula is C12H20N2. The summed E-state index contributed by atoms with van der Waals surface area (Å²) >= 11 is 0. The largest absolute Gasteiger partial charge is 0.296 e. The Morgan fingerprint density at radius 3 is 2.93 bits per heavy atom. The van der Waals surface area contributed by atoms with Crippen molar-refractivity contribution in [2.45, 2.75) is 39.3 Å². The molecule has 0 radical (unpaired) electrons. The van der Waals surface area contributed by atoms with Gasteiger partial charge in [0.25, 0.3) is 0 Å². The van der Waals surface area contributed by atoms with E-state index in [0.717, 1.165) is 6.54 Å². The minimum atomic E-state index is 0.347. The van der Waals surface area contributed by atoms with E-state index in [9.17, 15) is 0 Å². The van der Waals surface area contributed by atoms with Crippen LogP contribution in [-0.2, 0) is 0 Å². The molecule has 0 aromatic rings. The molecule has 1 aliphatic rings. The molecule has 0 amide bonds. The van der Waals surface area contributed by atoms with Crippen LogP contribution in [0.15, 0.2) is 28.8 Å². The molecule has 14 heavy (non-hydrogen) atoms. The van der Waals surface area contributed by atoms with E-state index in [4.69, 9.17) is 0 Å². The first-order chi connectivity index (χ1) is 6.83. The minimum Gasteiger partial charge on any atom is -0.296 e. The van der Waals surface area contributed by atoms with Gasteiger partial charge < -0.3 is 0 Å². The highest BCUT2D eigenvalue weighted by molar-refractivity contribution is 5.72. The lowest BCUT2D eigenvalue weighted by Crippen LogP contribution is -2.32. The van der Waals surface area contributed by atoms with E-state index in [1.54, 1.807) is 0 Å². The zero-order valence-corrected chi connectivity index (χ0v) is 9.16. The van der Waals surface area contributed by atoms with E-state index in [2.05, 4.69) is 29.4 Å². The smallest absolute Gasteiger partial charge is 0.0994 e. The van der Waals surface area contributed by atoms with Crippen molar-refractivity contribution in [3.63, 3.8) is 0 Å². The van der Waals surface area contributed by atoms with Gasteiger partial charge in [0.05, 0.1) is 6.17 Å². The van der Waals surface area contributed by atoms with Crippen molar-refractivity contribution in [3.8, 4) is 0 Å². The van der Waals surface area contributed by atoms with E-state index in [1.165, 1.54) is 24.8 Å². The van der Waals surface area contributed by atoms with E-state index < -0.39 is 0 Å². The summed E-state index contributed by atoms with van der Waals surface area (Å²) in [5.74, 6) is 0. The van der Waals surface area contributed by atoms with Crippen LogP contribution in [0.1, 0.15) is 33.1 Å². The summed E-state index contributed by atoms with van der Waals surface area (Å²) < 4.78 is 0. The number of hydrogen-bond acceptors (Lipinski definition) is 2. The Morgan fingerprint density at radius 2 is 2.29 bits per heavy atom. The molecule has 2 nitrogen and oxygen atoms in total. The summed E-state index contributed by atoms with van der Waals surface area (Å²) in [6, 6.07) is 0. The number of nitrogens with zero attached hydrogens (tertiary/aromatic N) is 1. The third kappa shape index (κ3) is 4.38. The van der Waals surface area contributed by atoms with Gasteiger partial charge in [-0.2, -0.15) is 0 Å². The van der Waals surface area contributed by atoms with E-state index in [-0.39, 0.29) is 0 Å². The number of hydrogen-bond donors (Lipinski definition) is 1. The number of allylic oxidation sites excluding steroid dienone is 4. The van der Waals surface area contributed by atoms with Gasteiger partial charge in [0.2, 0.25) is 0 Å². The molecule has 1 rings (SSSR count). The lowest BCUT2D eigenvalue weighted by atomic mass is 10.1. The fourth-order valence-electron chi connectivity index (χ4n) is 1.41. The van der Waals surface area contributed by atoms with Gasteiger partial charge in [0, 0.05) is 6.21 Å². The van der Waals surface area contributed by atoms with Crippen molar-refractivity contribution < 1.29 is 0 Å². The quantitative estimate of drug-likeness (QED) is 0.539. The van der Waals surface area contributed by atoms with Crippen LogP contribution in [0.5, 0.6) is 0 Å². The molecule has 1 fully saturated rings. The van der Waals surface area contributed by atoms with Gasteiger partial charge in [-0.3, -0.25) is 10.3 Å². The summed E-state index contributed by atoms with van der Waals surface area (Å²) in [7, 11) is 0. The predicted molar refractivity (Wildman–Crippen MR) is 62.7 cm³/mol. The molecule has 1 saturated heterocycles. The molecule has 1 atom stereocenters. The van der Waals surface area contributed by atoms with Crippen molar-refractivity contribution in [3.05, 3.63) is 23.8 Å². The highest BCUT2D eigenvalue weighted by Gasteiger charge is 2.08. The maximum Gasteiger partial charge on any atom is 0.0994 e. The van der Waals surface area contributed by atoms with Gasteiger partial charge in [-0.1, -0.05) is 17.7 Å². The average molecular weight is 192 g/mol. The standard InChI is InChI=1S/C12H20N2/c1-3-11(2)7-6-10-14-12-8-4-5-9-13-12/h3,6-7,10,12-13H,4-5,8-9H2,1-2H3/b7-6-,11-3-,14-10+. The predicted octanol–water partition coefficient (Wildman–Crippen LogP) is 2.68. The van der Waals surface area contributed by atoms with Crippen LogP contribution in [0.3, 0.4) is 0 Å². The normalized spacial score (nSPS) is 25.0. The first-order valence-corrected chi connectivity index (χ1v) is 5.39. The third-order valence-electron chi connectivity index (χ3n) is 2.45. The summed E-state index contributed by atoms with van der Waals surface area (Å²) in [5.41, 5.74) is 1.27. The molecule has 2 heteroatoms. The van der Waals surface area contributed by atoms with Crippen LogP contribution in [-0.4, -0.2) is 18.9 Å². The second-order valence-corrected chi connectivity index (χ2v) is 3.66. The Labute approximate surface area is 86.8 Å². The van der Waals surface area contributed by atoms with Crippen molar-refractivity contribution >= 4 is 6.21 Å². The first-order valence-electron chi connectivity index (χ1n) is 5.39. The van der Waals surface area contributed by atoms with Crippen molar-refractivity contribution in [1.29, 1.82) is 0 Å². The Morgan fingerprint density at radius 1 is 1.43 bits per heavy atom. The number of nitrogens with one attached hydrogen (secondary N) is 1. The van der Waals surface area contributed by atoms with Crippen molar-refractivity contribution in [2.24, 2.45) is 4.99 Å². The topological polar surface area (TPSA) is 24.4 Å². The van der Waals surface area contributed by atoms with Crippen molar-refractivity contribution in [1.82, 2.24) is 5.32 Å². The van der Waals surface area contributed by atoms with Gasteiger partial charge in [-0.05, 0) is 45.7 Å². The summed E-state index contributed by atoms with van der Waals surface area (Å²) in [4.78, 5) is 4.44. The third-order valence-corrected chi connectivity index (χ3v) is 2.45. The molecule has 78 valence electrons. The van der Waals surface area contributed by atoms with Crippen molar-refractivity contribution in [2.75, 3.05) is 6.54 Å². The first kappa shape index (κ1) is 11.2. The number of piperidine rings is 1. The average Bonchev–Trinajstić information content (AvgIpc) is 2.25. The summed E-state index contributed by atoms with van der Waals surface area (Å²) in [6.07, 6.45) is 12.2. The van der Waals surface area contributed by atoms with Gasteiger partial charge in [-0.15, -0.1) is 0 Å². The molecule has 0 bridgehead atoms. The van der Waals surface area contributed by atoms with E-state index in [0.29, 0.717) is 6.17 Å². The zero-order valence-electron chi connectivity index (χ0n) is 9.16. The molecule has 0 spiro atoms. The molecule has 1 unspecified atom stereocenters. The van der Waals surface area contributed by atoms with Gasteiger partial charge in [-0.25, -0.2) is 0 Å². The molecule has 1 heterocycles. The van der Waals surface area contributed by atoms with Crippen LogP contribution in [0, 0.1) is 0 Å². The Balaban J connectivity index is 2.28. The van der Waals surface area contributed by atoms with Crippen LogP contribution >= 0.6 is 0 Å². The summed E-state index contributed by atoms with van der Waals surface area (Å²) in [6.45, 7) is 5.24. The SMILES string of the molecule is C\C=C(C)/C=C\C=N\C1CCCCN1. The second kappa shape index (κ2) is 6.55. The molecule has 0 saturated carbocycles. The highest BCUT2D eigenvalue weighted by Crippen LogP contribution is 2.06. The zero-order chi connectivity index (χ0) is 10.2. The van der Waals surface area contributed by atoms with E-state index in [1.807, 2.05) is 19.2 Å². The Bertz CT molecular complexity index is 233. The number of aliphatic imine (C=N–C) groups is 1. The molecule has 1 aliphatic heterocycles. The second-order valence-electron chi connectivity index (χ2n) is 3.66. The summed E-state index contributed by atoms with van der Waals surface area (Å²) in [5, 5.41) is 3.37.